The third-order valence-electron chi connectivity index (χ3n) is 14.5. The standard InChI is InChI=1S/C76H57BN2/c1-76(2,3)66-51-70-68(50-65(66)58-39-23-10-24-40-58)77-67-47-59(52-27-11-4-12-28-52)45-46-69(67)78(74-61(54-31-15-6-16-32-54)41-25-42-62(74)55-33-17-7-18-34-55)71-48-60(53-29-13-5-14-30-53)49-72(73(71)77)79(70)75-63(56-35-19-8-20-36-56)43-26-44-64(75)57-37-21-9-22-38-57/h4-51H,1-3H3/i6D,7D,8D,9D,15D,16D,17D,18D,19D,20D,21D,22D,25D,26D,31D,32D,33D,34D,35D,36D,37D,38D,41D,42D,43D,44D. The normalized spacial score (nSPS) is 17.0. The van der Waals surface area contributed by atoms with E-state index in [2.05, 4.69) is 0 Å². The molecule has 0 aliphatic carbocycles. The van der Waals surface area contributed by atoms with E-state index in [1.54, 1.807) is 54.6 Å². The van der Waals surface area contributed by atoms with Gasteiger partial charge >= 0.3 is 0 Å². The summed E-state index contributed by atoms with van der Waals surface area (Å²) in [7, 11) is 0. The van der Waals surface area contributed by atoms with Crippen LogP contribution in [0.25, 0.3) is 77.9 Å². The summed E-state index contributed by atoms with van der Waals surface area (Å²) in [6, 6.07) is 16.6. The van der Waals surface area contributed by atoms with Gasteiger partial charge in [-0.1, -0.05) is 287 Å². The monoisotopic (exact) mass is 1030 g/mol. The lowest BCUT2D eigenvalue weighted by Gasteiger charge is -2.46. The summed E-state index contributed by atoms with van der Waals surface area (Å²) in [5, 5.41) is 0. The Kier molecular flexibility index (Phi) is 6.88. The highest BCUT2D eigenvalue weighted by atomic mass is 15.2. The molecule has 0 fully saturated rings. The van der Waals surface area contributed by atoms with E-state index in [0.717, 1.165) is 0 Å². The molecule has 0 amide bonds. The third kappa shape index (κ3) is 8.38. The minimum absolute atomic E-state index is 0.00918. The largest absolute Gasteiger partial charge is 0.310 e. The van der Waals surface area contributed by atoms with Crippen LogP contribution in [0.15, 0.2) is 291 Å². The molecular formula is C76H57BN2. The van der Waals surface area contributed by atoms with Gasteiger partial charge in [0, 0.05) is 45.0 Å². The number of anilines is 6. The van der Waals surface area contributed by atoms with Crippen LogP contribution in [0, 0.1) is 0 Å². The molecule has 2 aliphatic heterocycles. The minimum atomic E-state index is -1.15. The molecule has 3 heteroatoms. The summed E-state index contributed by atoms with van der Waals surface area (Å²) >= 11 is 0. The molecule has 0 unspecified atom stereocenters. The number of benzene rings is 12. The van der Waals surface area contributed by atoms with Gasteiger partial charge in [0.1, 0.15) is 0 Å². The van der Waals surface area contributed by atoms with Crippen molar-refractivity contribution >= 4 is 57.2 Å². The van der Waals surface area contributed by atoms with Gasteiger partial charge in [-0.2, -0.15) is 0 Å². The summed E-state index contributed by atoms with van der Waals surface area (Å²) in [5.41, 5.74) is -1.90. The lowest BCUT2D eigenvalue weighted by molar-refractivity contribution is 0.592. The zero-order valence-corrected chi connectivity index (χ0v) is 42.7. The first-order valence-corrected chi connectivity index (χ1v) is 25.5. The van der Waals surface area contributed by atoms with Gasteiger partial charge in [-0.3, -0.25) is 0 Å². The summed E-state index contributed by atoms with van der Waals surface area (Å²) < 4.78 is 247. The van der Waals surface area contributed by atoms with Gasteiger partial charge < -0.3 is 9.80 Å². The van der Waals surface area contributed by atoms with E-state index in [9.17, 15) is 30.2 Å². The van der Waals surface area contributed by atoms with Gasteiger partial charge in [0.2, 0.25) is 0 Å². The molecule has 2 nitrogen and oxygen atoms in total. The van der Waals surface area contributed by atoms with Crippen LogP contribution in [0.1, 0.15) is 62.0 Å². The molecule has 12 aromatic carbocycles. The third-order valence-corrected chi connectivity index (χ3v) is 14.5. The molecule has 79 heavy (non-hydrogen) atoms. The second kappa shape index (κ2) is 19.7. The van der Waals surface area contributed by atoms with Crippen molar-refractivity contribution < 1.29 is 35.6 Å². The van der Waals surface area contributed by atoms with Crippen LogP contribution in [-0.4, -0.2) is 6.71 Å². The predicted molar refractivity (Wildman–Crippen MR) is 337 cm³/mol. The van der Waals surface area contributed by atoms with Crippen LogP contribution in [0.5, 0.6) is 0 Å². The summed E-state index contributed by atoms with van der Waals surface area (Å²) in [4.78, 5) is 3.02. The molecule has 0 radical (unpaired) electrons. The molecule has 0 atom stereocenters. The summed E-state index contributed by atoms with van der Waals surface area (Å²) in [6.45, 7) is 4.74. The molecule has 2 aliphatic rings. The quantitative estimate of drug-likeness (QED) is 0.133. The molecule has 0 bridgehead atoms. The van der Waals surface area contributed by atoms with Crippen LogP contribution in [-0.2, 0) is 5.41 Å². The molecule has 14 rings (SSSR count). The molecule has 0 N–H and O–H groups in total. The number of hydrogen-bond donors (Lipinski definition) is 0. The first-order valence-electron chi connectivity index (χ1n) is 38.5. The maximum absolute atomic E-state index is 10.3. The van der Waals surface area contributed by atoms with E-state index >= 15 is 0 Å². The lowest BCUT2D eigenvalue weighted by Crippen LogP contribution is -2.61. The first-order chi connectivity index (χ1) is 49.6. The van der Waals surface area contributed by atoms with Crippen LogP contribution in [0.2, 0.25) is 0 Å². The highest BCUT2D eigenvalue weighted by Gasteiger charge is 2.46. The van der Waals surface area contributed by atoms with E-state index in [4.69, 9.17) is 5.48 Å². The van der Waals surface area contributed by atoms with Gasteiger partial charge in [0.25, 0.3) is 6.71 Å². The average molecular weight is 1040 g/mol. The van der Waals surface area contributed by atoms with Crippen molar-refractivity contribution in [2.75, 3.05) is 9.80 Å². The van der Waals surface area contributed by atoms with Gasteiger partial charge in [0.15, 0.2) is 0 Å². The molecule has 374 valence electrons. The van der Waals surface area contributed by atoms with Crippen LogP contribution in [0.3, 0.4) is 0 Å². The van der Waals surface area contributed by atoms with Crippen molar-refractivity contribution in [1.82, 2.24) is 0 Å². The molecule has 12 aromatic rings. The van der Waals surface area contributed by atoms with Crippen molar-refractivity contribution in [2.45, 2.75) is 26.2 Å². The van der Waals surface area contributed by atoms with Crippen LogP contribution in [0.4, 0.5) is 34.1 Å². The molecule has 2 heterocycles. The molecule has 0 saturated heterocycles. The van der Waals surface area contributed by atoms with Crippen molar-refractivity contribution in [3.63, 3.8) is 0 Å². The number of para-hydroxylation sites is 2. The molecule has 0 saturated carbocycles. The Hall–Kier alpha value is -9.70. The smallest absolute Gasteiger partial charge is 0.252 e. The summed E-state index contributed by atoms with van der Waals surface area (Å²) in [6.07, 6.45) is 0. The zero-order valence-electron chi connectivity index (χ0n) is 68.7. The second-order valence-electron chi connectivity index (χ2n) is 20.1. The maximum atomic E-state index is 10.3. The number of rotatable bonds is 9. The minimum Gasteiger partial charge on any atom is -0.310 e. The fourth-order valence-corrected chi connectivity index (χ4v) is 11.1. The average Bonchev–Trinajstić information content (AvgIpc) is 0.678. The Morgan fingerprint density at radius 3 is 1.13 bits per heavy atom. The van der Waals surface area contributed by atoms with E-state index in [1.165, 1.54) is 9.80 Å². The van der Waals surface area contributed by atoms with Crippen molar-refractivity contribution in [2.24, 2.45) is 0 Å². The molecule has 0 aromatic heterocycles. The Morgan fingerprint density at radius 1 is 0.304 bits per heavy atom. The van der Waals surface area contributed by atoms with Crippen LogP contribution < -0.4 is 26.2 Å². The van der Waals surface area contributed by atoms with Gasteiger partial charge in [-0.15, -0.1) is 0 Å². The Labute approximate surface area is 501 Å². The Bertz CT molecular complexity index is 5500. The number of nitrogens with zero attached hydrogens (tertiary/aromatic N) is 2. The topological polar surface area (TPSA) is 6.48 Å². The Balaban J connectivity index is 1.32. The molecular weight excluding hydrogens is 952 g/mol. The SMILES string of the molecule is [2H]c1c([2H])c([2H])c(-c2c([2H])c([2H])c([2H])c(-c3c([2H])c([2H])c([2H])c([2H])c3[2H])c2N2c3ccc(-c4ccccc4)cc3B3c4cc(-c5ccccc5)c(C(C)(C)C)cc4N(c4c(-c5c([2H])c([2H])c([2H])c([2H])c5[2H])c([2H])c([2H])c([2H])c4-c4c([2H])c([2H])c([2H])c([2H])c4[2H])c4cc(-c5ccccc5)cc2c43)c([2H])c1[2H]. The second-order valence-corrected chi connectivity index (χ2v) is 20.1. The highest BCUT2D eigenvalue weighted by Crippen LogP contribution is 2.54. The predicted octanol–water partition coefficient (Wildman–Crippen LogP) is 18.7. The highest BCUT2D eigenvalue weighted by molar-refractivity contribution is 7.00. The van der Waals surface area contributed by atoms with Gasteiger partial charge in [0.05, 0.1) is 47.0 Å². The van der Waals surface area contributed by atoms with E-state index < -0.39 is 225 Å². The van der Waals surface area contributed by atoms with E-state index in [1.807, 2.05) is 99.6 Å². The molecule has 0 spiro atoms. The fraction of sp³-hybridized carbons (Fsp3) is 0.0526. The number of fused-ring (bicyclic) bond motifs is 4. The van der Waals surface area contributed by atoms with Gasteiger partial charge in [-0.05, 0) is 107 Å². The lowest BCUT2D eigenvalue weighted by atomic mass is 9.33. The van der Waals surface area contributed by atoms with E-state index in [0.29, 0.717) is 44.3 Å². The number of hydrogen-bond acceptors (Lipinski definition) is 2. The van der Waals surface area contributed by atoms with Gasteiger partial charge in [-0.25, -0.2) is 0 Å². The summed E-state index contributed by atoms with van der Waals surface area (Å²) in [5.74, 6) is 0. The fourth-order valence-electron chi connectivity index (χ4n) is 11.1. The Morgan fingerprint density at radius 2 is 0.696 bits per heavy atom. The maximum Gasteiger partial charge on any atom is 0.252 e. The van der Waals surface area contributed by atoms with Crippen molar-refractivity contribution in [3.05, 3.63) is 296 Å². The van der Waals surface area contributed by atoms with Crippen molar-refractivity contribution in [3.8, 4) is 77.9 Å². The van der Waals surface area contributed by atoms with E-state index in [-0.39, 0.29) is 33.8 Å². The van der Waals surface area contributed by atoms with Crippen LogP contribution >= 0.6 is 0 Å². The zero-order chi connectivity index (χ0) is 75.7. The first kappa shape index (κ1) is 27.6. The van der Waals surface area contributed by atoms with Crippen molar-refractivity contribution in [1.29, 1.82) is 0 Å².